The van der Waals surface area contributed by atoms with E-state index >= 15 is 0 Å². The van der Waals surface area contributed by atoms with Crippen LogP contribution in [-0.4, -0.2) is 40.9 Å². The Balaban J connectivity index is 2.04. The van der Waals surface area contributed by atoms with E-state index in [1.165, 1.54) is 5.06 Å². The number of carbonyl (C=O) groups is 1. The molecule has 0 radical (unpaired) electrons. The Bertz CT molecular complexity index is 516. The third-order valence-corrected chi connectivity index (χ3v) is 3.29. The molecule has 1 heterocycles. The molecule has 2 rings (SSSR count). The first kappa shape index (κ1) is 14.3. The minimum Gasteiger partial charge on any atom is -0.393 e. The van der Waals surface area contributed by atoms with Crippen molar-refractivity contribution in [1.82, 2.24) is 5.06 Å². The molecule has 20 heavy (non-hydrogen) atoms. The summed E-state index contributed by atoms with van der Waals surface area (Å²) in [6.07, 6.45) is -0.334. The lowest BCUT2D eigenvalue weighted by atomic mass is 9.99. The van der Waals surface area contributed by atoms with Crippen molar-refractivity contribution >= 4 is 5.97 Å². The number of rotatable bonds is 3. The zero-order valence-corrected chi connectivity index (χ0v) is 11.1. The number of aliphatic hydroxyl groups excluding tert-OH is 1. The van der Waals surface area contributed by atoms with Crippen LogP contribution >= 0.6 is 0 Å². The molecule has 1 saturated heterocycles. The van der Waals surface area contributed by atoms with Crippen LogP contribution in [-0.2, 0) is 4.84 Å². The van der Waals surface area contributed by atoms with Crippen LogP contribution in [0.5, 0.6) is 0 Å². The van der Waals surface area contributed by atoms with Gasteiger partial charge in [0.1, 0.15) is 0 Å². The Morgan fingerprint density at radius 3 is 2.85 bits per heavy atom. The highest BCUT2D eigenvalue weighted by Crippen LogP contribution is 2.21. The highest BCUT2D eigenvalue weighted by molar-refractivity contribution is 5.89. The van der Waals surface area contributed by atoms with Crippen LogP contribution in [0, 0.1) is 0 Å². The van der Waals surface area contributed by atoms with E-state index in [1.54, 1.807) is 24.3 Å². The van der Waals surface area contributed by atoms with Crippen LogP contribution in [0.1, 0.15) is 23.7 Å². The molecule has 106 valence electrons. The quantitative estimate of drug-likeness (QED) is 0.517. The van der Waals surface area contributed by atoms with Crippen LogP contribution in [0.3, 0.4) is 0 Å². The Hall–Kier alpha value is -2.08. The second-order valence-corrected chi connectivity index (χ2v) is 4.77. The van der Waals surface area contributed by atoms with E-state index in [-0.39, 0.29) is 12.6 Å². The lowest BCUT2D eigenvalue weighted by molar-refractivity contribution is -0.165. The summed E-state index contributed by atoms with van der Waals surface area (Å²) < 4.78 is 0. The van der Waals surface area contributed by atoms with Gasteiger partial charge in [-0.2, -0.15) is 0 Å². The number of aliphatic hydroxyl groups is 1. The van der Waals surface area contributed by atoms with Crippen LogP contribution < -0.4 is 0 Å². The van der Waals surface area contributed by atoms with E-state index in [2.05, 4.69) is 10.0 Å². The minimum absolute atomic E-state index is 0.136. The molecule has 7 heteroatoms. The van der Waals surface area contributed by atoms with Crippen molar-refractivity contribution < 1.29 is 14.7 Å². The fourth-order valence-electron chi connectivity index (χ4n) is 2.15. The molecular formula is C13H16N4O3. The van der Waals surface area contributed by atoms with Crippen molar-refractivity contribution in [2.75, 3.05) is 6.54 Å². The van der Waals surface area contributed by atoms with E-state index in [4.69, 9.17) is 10.4 Å². The lowest BCUT2D eigenvalue weighted by Gasteiger charge is -2.37. The van der Waals surface area contributed by atoms with Gasteiger partial charge in [0, 0.05) is 17.5 Å². The number of azide groups is 1. The molecule has 0 aromatic heterocycles. The maximum absolute atomic E-state index is 12.0. The third-order valence-electron chi connectivity index (χ3n) is 3.29. The minimum atomic E-state index is -0.715. The van der Waals surface area contributed by atoms with Crippen molar-refractivity contribution in [3.63, 3.8) is 0 Å². The van der Waals surface area contributed by atoms with Crippen molar-refractivity contribution in [3.05, 3.63) is 46.3 Å². The monoisotopic (exact) mass is 276 g/mol. The number of hydrogen-bond acceptors (Lipinski definition) is 5. The first-order valence-electron chi connectivity index (χ1n) is 6.38. The fourth-order valence-corrected chi connectivity index (χ4v) is 2.15. The molecule has 1 fully saturated rings. The molecule has 0 amide bonds. The highest BCUT2D eigenvalue weighted by Gasteiger charge is 2.34. The van der Waals surface area contributed by atoms with Crippen LogP contribution in [0.2, 0.25) is 0 Å². The van der Waals surface area contributed by atoms with Crippen LogP contribution in [0.15, 0.2) is 35.4 Å². The third kappa shape index (κ3) is 3.27. The molecule has 0 bridgehead atoms. The van der Waals surface area contributed by atoms with Crippen molar-refractivity contribution in [1.29, 1.82) is 0 Å². The van der Waals surface area contributed by atoms with Gasteiger partial charge in [0.05, 0.1) is 17.7 Å². The van der Waals surface area contributed by atoms with Crippen molar-refractivity contribution in [2.24, 2.45) is 5.11 Å². The summed E-state index contributed by atoms with van der Waals surface area (Å²) in [5, 5.41) is 14.8. The molecular weight excluding hydrogens is 260 g/mol. The molecule has 1 N–H and O–H groups in total. The number of carbonyl (C=O) groups excluding carboxylic acids is 1. The summed E-state index contributed by atoms with van der Waals surface area (Å²) >= 11 is 0. The predicted octanol–water partition coefficient (Wildman–Crippen LogP) is 1.89. The highest BCUT2D eigenvalue weighted by atomic mass is 16.7. The number of benzene rings is 1. The smallest absolute Gasteiger partial charge is 0.357 e. The molecule has 1 unspecified atom stereocenters. The molecule has 1 aliphatic rings. The van der Waals surface area contributed by atoms with E-state index in [9.17, 15) is 9.90 Å². The molecule has 7 nitrogen and oxygen atoms in total. The predicted molar refractivity (Wildman–Crippen MR) is 71.6 cm³/mol. The molecule has 3 atom stereocenters. The van der Waals surface area contributed by atoms with Gasteiger partial charge in [-0.1, -0.05) is 23.3 Å². The largest absolute Gasteiger partial charge is 0.393 e. The van der Waals surface area contributed by atoms with Crippen molar-refractivity contribution in [2.45, 2.75) is 31.5 Å². The Kier molecular flexibility index (Phi) is 4.57. The standard InChI is InChI=1S/C13H16N4O3/c1-9-7-12(18)11(15-16-14)8-17(9)20-13(19)10-5-3-2-4-6-10/h2-6,9,11-12,18H,7-8H2,1H3/t9-,11?,12-/m0/s1. The first-order chi connectivity index (χ1) is 9.61. The molecule has 1 aromatic carbocycles. The number of piperidine rings is 1. The van der Waals surface area contributed by atoms with Gasteiger partial charge in [-0.05, 0) is 31.0 Å². The van der Waals surface area contributed by atoms with E-state index in [0.29, 0.717) is 12.0 Å². The lowest BCUT2D eigenvalue weighted by Crippen LogP contribution is -2.50. The second-order valence-electron chi connectivity index (χ2n) is 4.77. The zero-order chi connectivity index (χ0) is 14.5. The van der Waals surface area contributed by atoms with Crippen molar-refractivity contribution in [3.8, 4) is 0 Å². The molecule has 0 aliphatic carbocycles. The summed E-state index contributed by atoms with van der Waals surface area (Å²) in [5.74, 6) is -0.464. The SMILES string of the molecule is C[C@H]1C[C@H](O)C(N=[N+]=[N-])CN1OC(=O)c1ccccc1. The summed E-state index contributed by atoms with van der Waals surface area (Å²) in [6.45, 7) is 2.03. The average Bonchev–Trinajstić information content (AvgIpc) is 2.45. The Morgan fingerprint density at radius 1 is 1.50 bits per heavy atom. The van der Waals surface area contributed by atoms with Gasteiger partial charge in [-0.3, -0.25) is 0 Å². The van der Waals surface area contributed by atoms with Gasteiger partial charge in [0.25, 0.3) is 0 Å². The summed E-state index contributed by atoms with van der Waals surface area (Å²) in [4.78, 5) is 20.0. The summed E-state index contributed by atoms with van der Waals surface area (Å²) in [7, 11) is 0. The molecule has 0 saturated carbocycles. The Labute approximate surface area is 116 Å². The van der Waals surface area contributed by atoms with Crippen LogP contribution in [0.4, 0.5) is 0 Å². The van der Waals surface area contributed by atoms with Gasteiger partial charge in [-0.15, -0.1) is 5.06 Å². The average molecular weight is 276 g/mol. The maximum atomic E-state index is 12.0. The number of nitrogens with zero attached hydrogens (tertiary/aromatic N) is 4. The van der Waals surface area contributed by atoms with Crippen LogP contribution in [0.25, 0.3) is 10.4 Å². The first-order valence-corrected chi connectivity index (χ1v) is 6.38. The number of hydroxylamine groups is 2. The van der Waals surface area contributed by atoms with Gasteiger partial charge >= 0.3 is 5.97 Å². The summed E-state index contributed by atoms with van der Waals surface area (Å²) in [5.41, 5.74) is 8.92. The van der Waals surface area contributed by atoms with E-state index in [1.807, 2.05) is 13.0 Å². The second kappa shape index (κ2) is 6.38. The van der Waals surface area contributed by atoms with Gasteiger partial charge in [0.2, 0.25) is 0 Å². The maximum Gasteiger partial charge on any atom is 0.357 e. The topological polar surface area (TPSA) is 98.5 Å². The molecule has 1 aromatic rings. The van der Waals surface area contributed by atoms with Gasteiger partial charge < -0.3 is 9.94 Å². The summed E-state index contributed by atoms with van der Waals surface area (Å²) in [6, 6.07) is 7.90. The van der Waals surface area contributed by atoms with E-state index in [0.717, 1.165) is 0 Å². The fraction of sp³-hybridized carbons (Fsp3) is 0.462. The van der Waals surface area contributed by atoms with E-state index < -0.39 is 18.1 Å². The molecule has 1 aliphatic heterocycles. The Morgan fingerprint density at radius 2 is 2.20 bits per heavy atom. The normalized spacial score (nSPS) is 26.6. The van der Waals surface area contributed by atoms with Gasteiger partial charge in [0.15, 0.2) is 0 Å². The molecule has 0 spiro atoms. The number of hydrogen-bond donors (Lipinski definition) is 1. The van der Waals surface area contributed by atoms with Gasteiger partial charge in [-0.25, -0.2) is 4.79 Å². The zero-order valence-electron chi connectivity index (χ0n) is 11.1.